The highest BCUT2D eigenvalue weighted by Crippen LogP contribution is 2.31. The predicted molar refractivity (Wildman–Crippen MR) is 85.8 cm³/mol. The molecule has 0 saturated heterocycles. The molecule has 0 spiro atoms. The second-order valence-electron chi connectivity index (χ2n) is 6.08. The summed E-state index contributed by atoms with van der Waals surface area (Å²) in [7, 11) is 0. The molecule has 1 saturated carbocycles. The largest absolute Gasteiger partial charge is 0.397 e. The number of nitrogens with zero attached hydrogens (tertiary/aromatic N) is 1. The number of aromatic nitrogens is 1. The third kappa shape index (κ3) is 2.72. The second-order valence-corrected chi connectivity index (χ2v) is 6.08. The molecule has 1 aliphatic carbocycles. The van der Waals surface area contributed by atoms with Gasteiger partial charge < -0.3 is 11.1 Å². The highest BCUT2D eigenvalue weighted by Gasteiger charge is 2.17. The van der Waals surface area contributed by atoms with Crippen molar-refractivity contribution in [3.8, 4) is 0 Å². The van der Waals surface area contributed by atoms with Crippen molar-refractivity contribution >= 4 is 22.1 Å². The van der Waals surface area contributed by atoms with Gasteiger partial charge in [-0.3, -0.25) is 4.98 Å². The van der Waals surface area contributed by atoms with Crippen molar-refractivity contribution in [2.45, 2.75) is 45.1 Å². The molecule has 1 aromatic carbocycles. The van der Waals surface area contributed by atoms with Crippen LogP contribution in [0, 0.1) is 5.92 Å². The molecule has 3 N–H and O–H groups in total. The average Bonchev–Trinajstić information content (AvgIpc) is 2.67. The molecule has 1 aromatic heterocycles. The summed E-state index contributed by atoms with van der Waals surface area (Å²) in [6.45, 7) is 2.36. The Morgan fingerprint density at radius 1 is 1.15 bits per heavy atom. The van der Waals surface area contributed by atoms with Gasteiger partial charge in [-0.25, -0.2) is 0 Å². The van der Waals surface area contributed by atoms with E-state index in [2.05, 4.69) is 29.4 Å². The molecule has 3 nitrogen and oxygen atoms in total. The van der Waals surface area contributed by atoms with Gasteiger partial charge in [0.2, 0.25) is 0 Å². The van der Waals surface area contributed by atoms with E-state index >= 15 is 0 Å². The fraction of sp³-hybridized carbons (Fsp3) is 0.471. The van der Waals surface area contributed by atoms with Gasteiger partial charge in [0.05, 0.1) is 11.4 Å². The first-order valence-corrected chi connectivity index (χ1v) is 7.63. The fourth-order valence-corrected chi connectivity index (χ4v) is 3.17. The summed E-state index contributed by atoms with van der Waals surface area (Å²) in [6, 6.07) is 6.74. The Morgan fingerprint density at radius 3 is 2.95 bits per heavy atom. The van der Waals surface area contributed by atoms with E-state index in [1.807, 2.05) is 12.3 Å². The van der Waals surface area contributed by atoms with E-state index in [0.29, 0.717) is 6.04 Å². The number of nitrogen functional groups attached to an aromatic ring is 1. The number of hydrogen-bond donors (Lipinski definition) is 2. The highest BCUT2D eigenvalue weighted by atomic mass is 14.9. The molecule has 0 amide bonds. The standard InChI is InChI=1S/C17H23N3/c1-12-3-2-4-14(7-5-12)20-16-8-6-13-11-19-10-9-15(13)17(16)18/h6,8-12,14,20H,2-5,7,18H2,1H3. The zero-order valence-electron chi connectivity index (χ0n) is 12.1. The Hall–Kier alpha value is -1.77. The van der Waals surface area contributed by atoms with E-state index in [9.17, 15) is 0 Å². The minimum Gasteiger partial charge on any atom is -0.397 e. The number of fused-ring (bicyclic) bond motifs is 1. The van der Waals surface area contributed by atoms with Crippen molar-refractivity contribution in [2.24, 2.45) is 5.92 Å². The Kier molecular flexibility index (Phi) is 3.77. The smallest absolute Gasteiger partial charge is 0.0630 e. The van der Waals surface area contributed by atoms with Crippen LogP contribution in [0.15, 0.2) is 30.6 Å². The third-order valence-electron chi connectivity index (χ3n) is 4.48. The van der Waals surface area contributed by atoms with Crippen molar-refractivity contribution in [2.75, 3.05) is 11.1 Å². The topological polar surface area (TPSA) is 50.9 Å². The van der Waals surface area contributed by atoms with Crippen LogP contribution in [0.3, 0.4) is 0 Å². The maximum Gasteiger partial charge on any atom is 0.0630 e. The van der Waals surface area contributed by atoms with Crippen LogP contribution in [0.5, 0.6) is 0 Å². The monoisotopic (exact) mass is 269 g/mol. The van der Waals surface area contributed by atoms with E-state index in [1.165, 1.54) is 32.1 Å². The molecule has 3 heteroatoms. The lowest BCUT2D eigenvalue weighted by molar-refractivity contribution is 0.502. The van der Waals surface area contributed by atoms with Gasteiger partial charge in [-0.05, 0) is 37.3 Å². The summed E-state index contributed by atoms with van der Waals surface area (Å²) in [5.41, 5.74) is 8.23. The van der Waals surface area contributed by atoms with Gasteiger partial charge in [0.25, 0.3) is 0 Å². The number of rotatable bonds is 2. The van der Waals surface area contributed by atoms with Crippen LogP contribution < -0.4 is 11.1 Å². The van der Waals surface area contributed by atoms with Crippen molar-refractivity contribution in [1.29, 1.82) is 0 Å². The van der Waals surface area contributed by atoms with Gasteiger partial charge in [0.15, 0.2) is 0 Å². The van der Waals surface area contributed by atoms with E-state index in [4.69, 9.17) is 5.73 Å². The first-order valence-electron chi connectivity index (χ1n) is 7.63. The summed E-state index contributed by atoms with van der Waals surface area (Å²) < 4.78 is 0. The maximum atomic E-state index is 6.31. The van der Waals surface area contributed by atoms with Crippen LogP contribution in [0.2, 0.25) is 0 Å². The molecule has 1 aliphatic rings. The number of pyridine rings is 1. The molecule has 20 heavy (non-hydrogen) atoms. The molecule has 0 radical (unpaired) electrons. The van der Waals surface area contributed by atoms with Crippen LogP contribution in [-0.2, 0) is 0 Å². The van der Waals surface area contributed by atoms with Gasteiger partial charge in [-0.15, -0.1) is 0 Å². The van der Waals surface area contributed by atoms with Gasteiger partial charge in [0.1, 0.15) is 0 Å². The van der Waals surface area contributed by atoms with Crippen molar-refractivity contribution < 1.29 is 0 Å². The zero-order chi connectivity index (χ0) is 13.9. The minimum absolute atomic E-state index is 0.557. The molecule has 0 bridgehead atoms. The lowest BCUT2D eigenvalue weighted by Gasteiger charge is -2.20. The normalized spacial score (nSPS) is 23.4. The summed E-state index contributed by atoms with van der Waals surface area (Å²) in [4.78, 5) is 4.14. The van der Waals surface area contributed by atoms with E-state index in [-0.39, 0.29) is 0 Å². The quantitative estimate of drug-likeness (QED) is 0.634. The van der Waals surface area contributed by atoms with Crippen LogP contribution in [0.4, 0.5) is 11.4 Å². The number of anilines is 2. The number of hydrogen-bond acceptors (Lipinski definition) is 3. The molecule has 2 unspecified atom stereocenters. The van der Waals surface area contributed by atoms with Crippen LogP contribution in [0.1, 0.15) is 39.0 Å². The summed E-state index contributed by atoms with van der Waals surface area (Å²) in [6.07, 6.45) is 10.1. The average molecular weight is 269 g/mol. The van der Waals surface area contributed by atoms with Crippen LogP contribution in [-0.4, -0.2) is 11.0 Å². The Balaban J connectivity index is 1.82. The first kappa shape index (κ1) is 13.2. The zero-order valence-corrected chi connectivity index (χ0v) is 12.1. The van der Waals surface area contributed by atoms with Crippen molar-refractivity contribution in [3.05, 3.63) is 30.6 Å². The number of nitrogens with two attached hydrogens (primary N) is 1. The maximum absolute atomic E-state index is 6.31. The molecule has 0 aliphatic heterocycles. The van der Waals surface area contributed by atoms with Gasteiger partial charge in [0, 0.05) is 29.2 Å². The second kappa shape index (κ2) is 5.70. The fourth-order valence-electron chi connectivity index (χ4n) is 3.17. The number of nitrogens with one attached hydrogen (secondary N) is 1. The Morgan fingerprint density at radius 2 is 2.05 bits per heavy atom. The molecular weight excluding hydrogens is 246 g/mol. The lowest BCUT2D eigenvalue weighted by Crippen LogP contribution is -2.19. The van der Waals surface area contributed by atoms with Gasteiger partial charge in [-0.2, -0.15) is 0 Å². The van der Waals surface area contributed by atoms with E-state index in [1.54, 1.807) is 6.20 Å². The van der Waals surface area contributed by atoms with E-state index < -0.39 is 0 Å². The summed E-state index contributed by atoms with van der Waals surface area (Å²) in [5.74, 6) is 0.863. The van der Waals surface area contributed by atoms with Gasteiger partial charge >= 0.3 is 0 Å². The summed E-state index contributed by atoms with van der Waals surface area (Å²) >= 11 is 0. The predicted octanol–water partition coefficient (Wildman–Crippen LogP) is 4.20. The molecule has 2 atom stereocenters. The molecule has 106 valence electrons. The van der Waals surface area contributed by atoms with Gasteiger partial charge in [-0.1, -0.05) is 25.8 Å². The summed E-state index contributed by atoms with van der Waals surface area (Å²) in [5, 5.41) is 5.85. The molecule has 2 aromatic rings. The third-order valence-corrected chi connectivity index (χ3v) is 4.48. The van der Waals surface area contributed by atoms with Crippen LogP contribution >= 0.6 is 0 Å². The van der Waals surface area contributed by atoms with Crippen LogP contribution in [0.25, 0.3) is 10.8 Å². The molecule has 3 rings (SSSR count). The highest BCUT2D eigenvalue weighted by molar-refractivity contribution is 5.98. The Labute approximate surface area is 120 Å². The molecule has 1 fully saturated rings. The Bertz CT molecular complexity index is 594. The number of benzene rings is 1. The molecular formula is C17H23N3. The first-order chi connectivity index (χ1) is 9.74. The van der Waals surface area contributed by atoms with E-state index in [0.717, 1.165) is 28.1 Å². The SMILES string of the molecule is CC1CCCC(Nc2ccc3cnccc3c2N)CC1. The van der Waals surface area contributed by atoms with Crippen molar-refractivity contribution in [1.82, 2.24) is 4.98 Å². The minimum atomic E-state index is 0.557. The molecule has 1 heterocycles. The van der Waals surface area contributed by atoms with Crippen molar-refractivity contribution in [3.63, 3.8) is 0 Å². The lowest BCUT2D eigenvalue weighted by atomic mass is 10.0.